The second-order valence-corrected chi connectivity index (χ2v) is 6.75. The van der Waals surface area contributed by atoms with E-state index in [2.05, 4.69) is 25.2 Å². The van der Waals surface area contributed by atoms with Crippen LogP contribution in [0.3, 0.4) is 0 Å². The molecule has 1 aromatic rings. The van der Waals surface area contributed by atoms with Crippen LogP contribution in [0.1, 0.15) is 43.9 Å². The van der Waals surface area contributed by atoms with Crippen molar-refractivity contribution < 1.29 is 0 Å². The van der Waals surface area contributed by atoms with Gasteiger partial charge in [0.15, 0.2) is 0 Å². The monoisotopic (exact) mass is 257 g/mol. The lowest BCUT2D eigenvalue weighted by Crippen LogP contribution is -2.29. The Morgan fingerprint density at radius 2 is 2.25 bits per heavy atom. The fourth-order valence-electron chi connectivity index (χ4n) is 2.57. The molecule has 1 heterocycles. The molecule has 1 fully saturated rings. The molecule has 2 unspecified atom stereocenters. The average molecular weight is 258 g/mol. The minimum atomic E-state index is 0.591. The first-order valence-electron chi connectivity index (χ1n) is 6.15. The average Bonchev–Trinajstić information content (AvgIpc) is 2.82. The Morgan fingerprint density at radius 3 is 2.88 bits per heavy atom. The normalized spacial score (nSPS) is 25.5. The Hall–Kier alpha value is -0.0500. The Morgan fingerprint density at radius 1 is 1.44 bits per heavy atom. The zero-order valence-corrected chi connectivity index (χ0v) is 11.6. The molecule has 0 bridgehead atoms. The van der Waals surface area contributed by atoms with Gasteiger partial charge in [-0.3, -0.25) is 0 Å². The van der Waals surface area contributed by atoms with Crippen molar-refractivity contribution in [2.45, 2.75) is 45.1 Å². The third-order valence-electron chi connectivity index (χ3n) is 3.41. The number of thiophene rings is 1. The predicted octanol–water partition coefficient (Wildman–Crippen LogP) is 4.28. The molecule has 2 atom stereocenters. The van der Waals surface area contributed by atoms with Crippen molar-refractivity contribution in [3.63, 3.8) is 0 Å². The topological polar surface area (TPSA) is 12.0 Å². The van der Waals surface area contributed by atoms with Gasteiger partial charge >= 0.3 is 0 Å². The molecule has 0 spiro atoms. The van der Waals surface area contributed by atoms with E-state index in [4.69, 9.17) is 11.6 Å². The first-order chi connectivity index (χ1) is 7.66. The molecule has 1 aromatic heterocycles. The van der Waals surface area contributed by atoms with Gasteiger partial charge in [-0.2, -0.15) is 0 Å². The highest BCUT2D eigenvalue weighted by molar-refractivity contribution is 7.16. The van der Waals surface area contributed by atoms with Crippen LogP contribution in [0, 0.1) is 5.92 Å². The standard InChI is InChI=1S/C13H20ClNS/c1-9(2)15-8-10-4-3-5-11(10)12-6-7-13(14)16-12/h6-7,9-11,15H,3-5,8H2,1-2H3. The van der Waals surface area contributed by atoms with Gasteiger partial charge in [-0.05, 0) is 43.4 Å². The van der Waals surface area contributed by atoms with E-state index in [0.29, 0.717) is 6.04 Å². The van der Waals surface area contributed by atoms with E-state index in [0.717, 1.165) is 22.7 Å². The van der Waals surface area contributed by atoms with Gasteiger partial charge in [0, 0.05) is 10.9 Å². The summed E-state index contributed by atoms with van der Waals surface area (Å²) in [6.07, 6.45) is 4.06. The molecule has 1 saturated carbocycles. The molecule has 0 aliphatic heterocycles. The van der Waals surface area contributed by atoms with Gasteiger partial charge in [-0.15, -0.1) is 11.3 Å². The molecule has 0 saturated heterocycles. The molecular weight excluding hydrogens is 238 g/mol. The summed E-state index contributed by atoms with van der Waals surface area (Å²) in [4.78, 5) is 1.48. The van der Waals surface area contributed by atoms with Gasteiger partial charge in [0.25, 0.3) is 0 Å². The number of halogens is 1. The third kappa shape index (κ3) is 2.99. The fourth-order valence-corrected chi connectivity index (χ4v) is 3.86. The Balaban J connectivity index is 1.98. The summed E-state index contributed by atoms with van der Waals surface area (Å²) in [5.41, 5.74) is 0. The van der Waals surface area contributed by atoms with Gasteiger partial charge < -0.3 is 5.32 Å². The summed E-state index contributed by atoms with van der Waals surface area (Å²) in [7, 11) is 0. The lowest BCUT2D eigenvalue weighted by atomic mass is 9.94. The summed E-state index contributed by atoms with van der Waals surface area (Å²) in [6.45, 7) is 5.58. The lowest BCUT2D eigenvalue weighted by Gasteiger charge is -2.20. The summed E-state index contributed by atoms with van der Waals surface area (Å²) in [5, 5.41) is 3.57. The first-order valence-corrected chi connectivity index (χ1v) is 7.35. The van der Waals surface area contributed by atoms with E-state index in [9.17, 15) is 0 Å². The second-order valence-electron chi connectivity index (χ2n) is 5.00. The van der Waals surface area contributed by atoms with E-state index >= 15 is 0 Å². The highest BCUT2D eigenvalue weighted by atomic mass is 35.5. The van der Waals surface area contributed by atoms with E-state index in [1.54, 1.807) is 11.3 Å². The van der Waals surface area contributed by atoms with Crippen LogP contribution in [0.15, 0.2) is 12.1 Å². The van der Waals surface area contributed by atoms with Gasteiger partial charge in [-0.1, -0.05) is 31.9 Å². The maximum absolute atomic E-state index is 6.02. The van der Waals surface area contributed by atoms with Crippen molar-refractivity contribution >= 4 is 22.9 Å². The smallest absolute Gasteiger partial charge is 0.0931 e. The van der Waals surface area contributed by atoms with Crippen LogP contribution in [-0.4, -0.2) is 12.6 Å². The van der Waals surface area contributed by atoms with Gasteiger partial charge in [-0.25, -0.2) is 0 Å². The Labute approximate surface area is 107 Å². The molecule has 1 nitrogen and oxygen atoms in total. The summed E-state index contributed by atoms with van der Waals surface area (Å²) in [5.74, 6) is 1.54. The van der Waals surface area contributed by atoms with Gasteiger partial charge in [0.2, 0.25) is 0 Å². The lowest BCUT2D eigenvalue weighted by molar-refractivity contribution is 0.426. The maximum atomic E-state index is 6.02. The summed E-state index contributed by atoms with van der Waals surface area (Å²) in [6, 6.07) is 4.84. The van der Waals surface area contributed by atoms with Crippen LogP contribution in [-0.2, 0) is 0 Å². The number of hydrogen-bond acceptors (Lipinski definition) is 2. The first kappa shape index (κ1) is 12.4. The second kappa shape index (κ2) is 5.52. The molecule has 16 heavy (non-hydrogen) atoms. The molecular formula is C13H20ClNS. The molecule has 0 amide bonds. The van der Waals surface area contributed by atoms with Crippen molar-refractivity contribution in [1.82, 2.24) is 5.32 Å². The van der Waals surface area contributed by atoms with E-state index in [1.807, 2.05) is 6.07 Å². The van der Waals surface area contributed by atoms with Crippen molar-refractivity contribution in [1.29, 1.82) is 0 Å². The fraction of sp³-hybridized carbons (Fsp3) is 0.692. The van der Waals surface area contributed by atoms with Crippen molar-refractivity contribution in [2.24, 2.45) is 5.92 Å². The molecule has 90 valence electrons. The predicted molar refractivity (Wildman–Crippen MR) is 72.5 cm³/mol. The van der Waals surface area contributed by atoms with Gasteiger partial charge in [0.1, 0.15) is 0 Å². The minimum absolute atomic E-state index is 0.591. The molecule has 1 aliphatic carbocycles. The van der Waals surface area contributed by atoms with Gasteiger partial charge in [0.05, 0.1) is 4.34 Å². The Kier molecular flexibility index (Phi) is 4.28. The third-order valence-corrected chi connectivity index (χ3v) is 4.77. The van der Waals surface area contributed by atoms with Crippen molar-refractivity contribution in [2.75, 3.05) is 6.54 Å². The maximum Gasteiger partial charge on any atom is 0.0931 e. The SMILES string of the molecule is CC(C)NCC1CCCC1c1ccc(Cl)s1. The molecule has 2 rings (SSSR count). The molecule has 1 aliphatic rings. The van der Waals surface area contributed by atoms with Crippen LogP contribution >= 0.6 is 22.9 Å². The zero-order chi connectivity index (χ0) is 11.5. The van der Waals surface area contributed by atoms with Crippen LogP contribution < -0.4 is 5.32 Å². The molecule has 1 N–H and O–H groups in total. The largest absolute Gasteiger partial charge is 0.314 e. The van der Waals surface area contributed by atoms with Crippen molar-refractivity contribution in [3.05, 3.63) is 21.3 Å². The van der Waals surface area contributed by atoms with E-state index < -0.39 is 0 Å². The minimum Gasteiger partial charge on any atom is -0.314 e. The number of hydrogen-bond donors (Lipinski definition) is 1. The van der Waals surface area contributed by atoms with Crippen LogP contribution in [0.2, 0.25) is 4.34 Å². The highest BCUT2D eigenvalue weighted by Gasteiger charge is 2.29. The molecule has 0 aromatic carbocycles. The van der Waals surface area contributed by atoms with Crippen LogP contribution in [0.4, 0.5) is 0 Å². The van der Waals surface area contributed by atoms with E-state index in [-0.39, 0.29) is 0 Å². The van der Waals surface area contributed by atoms with Crippen molar-refractivity contribution in [3.8, 4) is 0 Å². The number of rotatable bonds is 4. The Bertz CT molecular complexity index is 334. The van der Waals surface area contributed by atoms with Crippen LogP contribution in [0.25, 0.3) is 0 Å². The molecule has 3 heteroatoms. The summed E-state index contributed by atoms with van der Waals surface area (Å²) >= 11 is 7.78. The quantitative estimate of drug-likeness (QED) is 0.849. The zero-order valence-electron chi connectivity index (χ0n) is 10.0. The summed E-state index contributed by atoms with van der Waals surface area (Å²) < 4.78 is 0.928. The van der Waals surface area contributed by atoms with E-state index in [1.165, 1.54) is 24.1 Å². The highest BCUT2D eigenvalue weighted by Crippen LogP contribution is 2.42. The van der Waals surface area contributed by atoms with Crippen LogP contribution in [0.5, 0.6) is 0 Å². The molecule has 0 radical (unpaired) electrons. The number of nitrogens with one attached hydrogen (secondary N) is 1.